The molecule has 2 saturated heterocycles. The van der Waals surface area contributed by atoms with Gasteiger partial charge in [-0.25, -0.2) is 4.79 Å². The van der Waals surface area contributed by atoms with Crippen LogP contribution in [0.4, 0.5) is 4.79 Å². The molecule has 9 heteroatoms. The molecule has 0 aromatic carbocycles. The Kier molecular flexibility index (Phi) is 4.64. The zero-order chi connectivity index (χ0) is 19.2. The van der Waals surface area contributed by atoms with E-state index in [1.54, 1.807) is 16.6 Å². The van der Waals surface area contributed by atoms with Gasteiger partial charge in [0.25, 0.3) is 0 Å². The molecule has 2 aliphatic rings. The molecule has 3 amide bonds. The van der Waals surface area contributed by atoms with E-state index in [4.69, 9.17) is 5.11 Å². The van der Waals surface area contributed by atoms with Gasteiger partial charge in [-0.05, 0) is 20.3 Å². The Morgan fingerprint density at radius 2 is 1.96 bits per heavy atom. The Balaban J connectivity index is 1.79. The normalized spacial score (nSPS) is 25.8. The standard InChI is InChI=1S/C17H25N5O4/c1-9-14(10(2)21(4)19-9)15-12(7-13(23)20(15)3)18-17(26)22-6-5-11(8-22)16(24)25/h11-12,15H,5-8H2,1-4H3,(H,18,26)(H,24,25)/t11?,12-,15-/m1/s1. The van der Waals surface area contributed by atoms with Crippen molar-refractivity contribution in [1.29, 1.82) is 0 Å². The van der Waals surface area contributed by atoms with Gasteiger partial charge in [-0.3, -0.25) is 14.3 Å². The fourth-order valence-corrected chi connectivity index (χ4v) is 4.01. The Morgan fingerprint density at radius 3 is 2.50 bits per heavy atom. The summed E-state index contributed by atoms with van der Waals surface area (Å²) < 4.78 is 1.78. The maximum Gasteiger partial charge on any atom is 0.317 e. The molecule has 3 heterocycles. The van der Waals surface area contributed by atoms with E-state index in [0.717, 1.165) is 17.0 Å². The molecule has 1 aromatic heterocycles. The van der Waals surface area contributed by atoms with Crippen LogP contribution in [-0.4, -0.2) is 68.8 Å². The van der Waals surface area contributed by atoms with E-state index >= 15 is 0 Å². The Labute approximate surface area is 151 Å². The van der Waals surface area contributed by atoms with Crippen molar-refractivity contribution >= 4 is 17.9 Å². The number of likely N-dealkylation sites (N-methyl/N-ethyl adjacent to an activating group) is 1. The average Bonchev–Trinajstić information content (AvgIpc) is 3.22. The van der Waals surface area contributed by atoms with Gasteiger partial charge < -0.3 is 20.2 Å². The molecule has 0 saturated carbocycles. The highest BCUT2D eigenvalue weighted by atomic mass is 16.4. The molecule has 3 rings (SSSR count). The quantitative estimate of drug-likeness (QED) is 0.809. The monoisotopic (exact) mass is 363 g/mol. The molecule has 1 aromatic rings. The fraction of sp³-hybridized carbons (Fsp3) is 0.647. The third-order valence-electron chi connectivity index (χ3n) is 5.58. The second-order valence-electron chi connectivity index (χ2n) is 7.19. The van der Waals surface area contributed by atoms with Crippen molar-refractivity contribution in [1.82, 2.24) is 24.9 Å². The van der Waals surface area contributed by atoms with E-state index in [-0.39, 0.29) is 37.0 Å². The van der Waals surface area contributed by atoms with Gasteiger partial charge >= 0.3 is 12.0 Å². The molecule has 0 spiro atoms. The number of aliphatic carboxylic acids is 1. The number of carbonyl (C=O) groups excluding carboxylic acids is 2. The van der Waals surface area contributed by atoms with Crippen molar-refractivity contribution in [2.24, 2.45) is 13.0 Å². The largest absolute Gasteiger partial charge is 0.481 e. The predicted molar refractivity (Wildman–Crippen MR) is 92.4 cm³/mol. The lowest BCUT2D eigenvalue weighted by atomic mass is 9.98. The van der Waals surface area contributed by atoms with Gasteiger partial charge in [-0.15, -0.1) is 0 Å². The van der Waals surface area contributed by atoms with Crippen molar-refractivity contribution in [2.75, 3.05) is 20.1 Å². The number of likely N-dealkylation sites (tertiary alicyclic amines) is 2. The van der Waals surface area contributed by atoms with Crippen molar-refractivity contribution in [3.63, 3.8) is 0 Å². The number of nitrogens with zero attached hydrogens (tertiary/aromatic N) is 4. The maximum atomic E-state index is 12.6. The highest BCUT2D eigenvalue weighted by Gasteiger charge is 2.43. The molecule has 2 N–H and O–H groups in total. The summed E-state index contributed by atoms with van der Waals surface area (Å²) in [5.74, 6) is -1.43. The summed E-state index contributed by atoms with van der Waals surface area (Å²) in [5.41, 5.74) is 2.75. The van der Waals surface area contributed by atoms with Crippen LogP contribution in [0.25, 0.3) is 0 Å². The van der Waals surface area contributed by atoms with Crippen molar-refractivity contribution in [2.45, 2.75) is 38.8 Å². The number of carboxylic acids is 1. The van der Waals surface area contributed by atoms with Crippen LogP contribution in [0.5, 0.6) is 0 Å². The first-order chi connectivity index (χ1) is 12.2. The van der Waals surface area contributed by atoms with Crippen LogP contribution in [0.2, 0.25) is 0 Å². The maximum absolute atomic E-state index is 12.6. The lowest BCUT2D eigenvalue weighted by molar-refractivity contribution is -0.141. The molecule has 2 fully saturated rings. The first-order valence-electron chi connectivity index (χ1n) is 8.74. The number of rotatable bonds is 3. The van der Waals surface area contributed by atoms with Crippen LogP contribution in [0.15, 0.2) is 0 Å². The average molecular weight is 363 g/mol. The van der Waals surface area contributed by atoms with Crippen molar-refractivity contribution in [3.8, 4) is 0 Å². The van der Waals surface area contributed by atoms with Crippen molar-refractivity contribution in [3.05, 3.63) is 17.0 Å². The number of aryl methyl sites for hydroxylation is 2. The first kappa shape index (κ1) is 18.2. The minimum Gasteiger partial charge on any atom is -0.481 e. The molecule has 26 heavy (non-hydrogen) atoms. The summed E-state index contributed by atoms with van der Waals surface area (Å²) in [6.45, 7) is 4.46. The van der Waals surface area contributed by atoms with Crippen LogP contribution < -0.4 is 5.32 Å². The topological polar surface area (TPSA) is 108 Å². The van der Waals surface area contributed by atoms with Gasteiger partial charge in [0, 0.05) is 44.9 Å². The third-order valence-corrected chi connectivity index (χ3v) is 5.58. The van der Waals surface area contributed by atoms with Gasteiger partial charge in [0.2, 0.25) is 5.91 Å². The summed E-state index contributed by atoms with van der Waals surface area (Å²) >= 11 is 0. The number of carbonyl (C=O) groups is 3. The molecular weight excluding hydrogens is 338 g/mol. The van der Waals surface area contributed by atoms with E-state index in [9.17, 15) is 14.4 Å². The second-order valence-corrected chi connectivity index (χ2v) is 7.19. The third kappa shape index (κ3) is 3.02. The van der Waals surface area contributed by atoms with Gasteiger partial charge in [-0.2, -0.15) is 5.10 Å². The minimum atomic E-state index is -0.879. The molecule has 0 aliphatic carbocycles. The number of aromatic nitrogens is 2. The van der Waals surface area contributed by atoms with E-state index < -0.39 is 11.9 Å². The van der Waals surface area contributed by atoms with E-state index in [0.29, 0.717) is 13.0 Å². The molecule has 0 bridgehead atoms. The zero-order valence-corrected chi connectivity index (χ0v) is 15.5. The Morgan fingerprint density at radius 1 is 1.27 bits per heavy atom. The second kappa shape index (κ2) is 6.62. The summed E-state index contributed by atoms with van der Waals surface area (Å²) in [6, 6.07) is -0.963. The molecule has 9 nitrogen and oxygen atoms in total. The van der Waals surface area contributed by atoms with Crippen LogP contribution in [0.1, 0.15) is 35.8 Å². The number of hydrogen-bond acceptors (Lipinski definition) is 4. The van der Waals surface area contributed by atoms with Crippen LogP contribution in [-0.2, 0) is 16.6 Å². The van der Waals surface area contributed by atoms with E-state index in [1.165, 1.54) is 4.90 Å². The lowest BCUT2D eigenvalue weighted by Gasteiger charge is -2.28. The number of amides is 3. The summed E-state index contributed by atoms with van der Waals surface area (Å²) in [7, 11) is 3.59. The number of nitrogens with one attached hydrogen (secondary N) is 1. The lowest BCUT2D eigenvalue weighted by Crippen LogP contribution is -2.46. The summed E-state index contributed by atoms with van der Waals surface area (Å²) in [5, 5.41) is 16.5. The predicted octanol–water partition coefficient (Wildman–Crippen LogP) is 0.425. The summed E-state index contributed by atoms with van der Waals surface area (Å²) in [4.78, 5) is 39.2. The smallest absolute Gasteiger partial charge is 0.317 e. The van der Waals surface area contributed by atoms with Crippen LogP contribution in [0, 0.1) is 19.8 Å². The van der Waals surface area contributed by atoms with Gasteiger partial charge in [0.15, 0.2) is 0 Å². The van der Waals surface area contributed by atoms with Crippen LogP contribution in [0.3, 0.4) is 0 Å². The van der Waals surface area contributed by atoms with Crippen LogP contribution >= 0.6 is 0 Å². The SMILES string of the molecule is Cc1nn(C)c(C)c1[C@H]1[C@H](NC(=O)N2CCC(C(=O)O)C2)CC(=O)N1C. The molecule has 1 unspecified atom stereocenters. The molecular formula is C17H25N5O4. The Hall–Kier alpha value is -2.58. The zero-order valence-electron chi connectivity index (χ0n) is 15.5. The van der Waals surface area contributed by atoms with E-state index in [1.807, 2.05) is 20.9 Å². The van der Waals surface area contributed by atoms with E-state index in [2.05, 4.69) is 10.4 Å². The molecule has 0 radical (unpaired) electrons. The van der Waals surface area contributed by atoms with Gasteiger partial charge in [0.05, 0.1) is 23.7 Å². The molecule has 3 atom stereocenters. The highest BCUT2D eigenvalue weighted by molar-refractivity contribution is 5.83. The Bertz CT molecular complexity index is 759. The summed E-state index contributed by atoms with van der Waals surface area (Å²) in [6.07, 6.45) is 0.674. The first-order valence-corrected chi connectivity index (χ1v) is 8.74. The van der Waals surface area contributed by atoms with Gasteiger partial charge in [0.1, 0.15) is 0 Å². The highest BCUT2D eigenvalue weighted by Crippen LogP contribution is 2.35. The number of urea groups is 1. The fourth-order valence-electron chi connectivity index (χ4n) is 4.01. The van der Waals surface area contributed by atoms with Crippen molar-refractivity contribution < 1.29 is 19.5 Å². The minimum absolute atomic E-state index is 0.0345. The number of carboxylic acid groups (broad SMARTS) is 1. The molecule has 142 valence electrons. The number of hydrogen-bond donors (Lipinski definition) is 2. The van der Waals surface area contributed by atoms with Gasteiger partial charge in [-0.1, -0.05) is 0 Å². The molecule has 2 aliphatic heterocycles.